The molecule has 2 fully saturated rings. The summed E-state index contributed by atoms with van der Waals surface area (Å²) in [6.45, 7) is 2.08. The summed E-state index contributed by atoms with van der Waals surface area (Å²) in [7, 11) is 2.28. The number of nitrogens with one attached hydrogen (secondary N) is 1. The molecule has 0 spiro atoms. The largest absolute Gasteiger partial charge is 0.350 e. The first-order valence-corrected chi connectivity index (χ1v) is 8.54. The van der Waals surface area contributed by atoms with Gasteiger partial charge in [0, 0.05) is 18.1 Å². The van der Waals surface area contributed by atoms with E-state index in [-0.39, 0.29) is 0 Å². The quantitative estimate of drug-likeness (QED) is 0.943. The third-order valence-electron chi connectivity index (χ3n) is 5.42. The van der Waals surface area contributed by atoms with Crippen molar-refractivity contribution >= 4 is 5.95 Å². The number of rotatable bonds is 3. The highest BCUT2D eigenvalue weighted by Gasteiger charge is 2.36. The van der Waals surface area contributed by atoms with Gasteiger partial charge in [-0.3, -0.25) is 0 Å². The van der Waals surface area contributed by atoms with Crippen molar-refractivity contribution < 1.29 is 0 Å². The Morgan fingerprint density at radius 3 is 2.48 bits per heavy atom. The number of tetrazole rings is 1. The first-order chi connectivity index (χ1) is 11.2. The van der Waals surface area contributed by atoms with Gasteiger partial charge in [-0.2, -0.15) is 4.68 Å². The van der Waals surface area contributed by atoms with E-state index in [2.05, 4.69) is 64.0 Å². The molecule has 23 heavy (non-hydrogen) atoms. The molecule has 2 aromatic rings. The zero-order valence-electron chi connectivity index (χ0n) is 13.8. The maximum absolute atomic E-state index is 4.20. The summed E-state index contributed by atoms with van der Waals surface area (Å²) in [5.74, 6) is 0.751. The van der Waals surface area contributed by atoms with Crippen LogP contribution in [0, 0.1) is 6.92 Å². The van der Waals surface area contributed by atoms with Crippen molar-refractivity contribution in [1.29, 1.82) is 0 Å². The average Bonchev–Trinajstić information content (AvgIpc) is 2.97. The van der Waals surface area contributed by atoms with E-state index in [1.165, 1.54) is 37.7 Å². The van der Waals surface area contributed by atoms with Crippen LogP contribution >= 0.6 is 0 Å². The van der Waals surface area contributed by atoms with Crippen LogP contribution in [0.4, 0.5) is 5.95 Å². The fourth-order valence-corrected chi connectivity index (χ4v) is 4.05. The Morgan fingerprint density at radius 1 is 1.09 bits per heavy atom. The number of anilines is 1. The fourth-order valence-electron chi connectivity index (χ4n) is 4.05. The maximum Gasteiger partial charge on any atom is 0.247 e. The van der Waals surface area contributed by atoms with Crippen LogP contribution in [-0.4, -0.2) is 50.3 Å². The number of nitrogens with zero attached hydrogens (tertiary/aromatic N) is 5. The maximum atomic E-state index is 4.20. The Morgan fingerprint density at radius 2 is 1.78 bits per heavy atom. The van der Waals surface area contributed by atoms with Crippen LogP contribution in [0.3, 0.4) is 0 Å². The molecule has 2 aliphatic heterocycles. The van der Waals surface area contributed by atoms with Gasteiger partial charge in [-0.25, -0.2) is 0 Å². The number of aryl methyl sites for hydroxylation is 1. The Kier molecular flexibility index (Phi) is 3.77. The molecule has 4 rings (SSSR count). The topological polar surface area (TPSA) is 58.9 Å². The lowest BCUT2D eigenvalue weighted by Crippen LogP contribution is -2.53. The van der Waals surface area contributed by atoms with E-state index < -0.39 is 0 Å². The van der Waals surface area contributed by atoms with E-state index in [0.717, 1.165) is 11.6 Å². The molecule has 3 atom stereocenters. The van der Waals surface area contributed by atoms with Crippen LogP contribution in [0.5, 0.6) is 0 Å². The van der Waals surface area contributed by atoms with Crippen LogP contribution in [0.1, 0.15) is 37.7 Å². The van der Waals surface area contributed by atoms with Crippen LogP contribution in [-0.2, 0) is 0 Å². The summed E-state index contributed by atoms with van der Waals surface area (Å²) in [6, 6.07) is 10.1. The summed E-state index contributed by atoms with van der Waals surface area (Å²) in [5, 5.41) is 15.8. The minimum atomic E-state index is 0.455. The lowest BCUT2D eigenvalue weighted by molar-refractivity contribution is 0.0606. The number of piperidine rings is 2. The standard InChI is InChI=1S/C17H24N6/c1-12-6-8-14(9-7-12)23-17(19-20-21-23)18-13-10-15-4-3-5-16(11-13)22(15)2/h6-9,13,15-16H,3-5,10-11H2,1-2H3,(H,18,19,21)/t13?,15-,16+. The summed E-state index contributed by atoms with van der Waals surface area (Å²) in [5.41, 5.74) is 2.23. The summed E-state index contributed by atoms with van der Waals surface area (Å²) < 4.78 is 1.80. The van der Waals surface area contributed by atoms with Gasteiger partial charge in [0.2, 0.25) is 5.95 Å². The minimum absolute atomic E-state index is 0.455. The van der Waals surface area contributed by atoms with Gasteiger partial charge in [0.1, 0.15) is 0 Å². The SMILES string of the molecule is Cc1ccc(-n2nnnc2NC2C[C@H]3CCC[C@@H](C2)N3C)cc1. The zero-order chi connectivity index (χ0) is 15.8. The summed E-state index contributed by atoms with van der Waals surface area (Å²) in [4.78, 5) is 2.57. The van der Waals surface area contributed by atoms with Gasteiger partial charge < -0.3 is 10.2 Å². The first kappa shape index (κ1) is 14.6. The van der Waals surface area contributed by atoms with Crippen LogP contribution in [0.25, 0.3) is 5.69 Å². The highest BCUT2D eigenvalue weighted by atomic mass is 15.6. The molecule has 2 saturated heterocycles. The second kappa shape index (κ2) is 5.92. The number of fused-ring (bicyclic) bond motifs is 2. The average molecular weight is 312 g/mol. The van der Waals surface area contributed by atoms with Gasteiger partial charge in [0.05, 0.1) is 5.69 Å². The van der Waals surface area contributed by atoms with E-state index >= 15 is 0 Å². The second-order valence-corrected chi connectivity index (χ2v) is 6.97. The molecule has 0 aliphatic carbocycles. The summed E-state index contributed by atoms with van der Waals surface area (Å²) >= 11 is 0. The molecule has 1 aromatic carbocycles. The van der Waals surface area contributed by atoms with Gasteiger partial charge in [0.15, 0.2) is 0 Å². The van der Waals surface area contributed by atoms with Gasteiger partial charge in [-0.05, 0) is 62.2 Å². The van der Waals surface area contributed by atoms with E-state index in [9.17, 15) is 0 Å². The van der Waals surface area contributed by atoms with Crippen molar-refractivity contribution in [3.63, 3.8) is 0 Å². The highest BCUT2D eigenvalue weighted by Crippen LogP contribution is 2.33. The molecule has 0 amide bonds. The Labute approximate surface area is 136 Å². The molecule has 1 unspecified atom stereocenters. The first-order valence-electron chi connectivity index (χ1n) is 8.54. The third-order valence-corrected chi connectivity index (χ3v) is 5.42. The number of aromatic nitrogens is 4. The van der Waals surface area contributed by atoms with Gasteiger partial charge in [-0.15, -0.1) is 0 Å². The predicted molar refractivity (Wildman–Crippen MR) is 89.7 cm³/mol. The Balaban J connectivity index is 1.52. The lowest BCUT2D eigenvalue weighted by atomic mass is 9.82. The molecular weight excluding hydrogens is 288 g/mol. The minimum Gasteiger partial charge on any atom is -0.350 e. The summed E-state index contributed by atoms with van der Waals surface area (Å²) in [6.07, 6.45) is 6.34. The van der Waals surface area contributed by atoms with Crippen LogP contribution in [0.2, 0.25) is 0 Å². The van der Waals surface area contributed by atoms with E-state index in [4.69, 9.17) is 0 Å². The van der Waals surface area contributed by atoms with Gasteiger partial charge in [0.25, 0.3) is 0 Å². The number of benzene rings is 1. The van der Waals surface area contributed by atoms with Crippen molar-refractivity contribution in [3.05, 3.63) is 29.8 Å². The third kappa shape index (κ3) is 2.83. The van der Waals surface area contributed by atoms with E-state index in [1.54, 1.807) is 4.68 Å². The molecule has 2 aliphatic rings. The smallest absolute Gasteiger partial charge is 0.247 e. The van der Waals surface area contributed by atoms with Crippen molar-refractivity contribution in [2.75, 3.05) is 12.4 Å². The molecule has 3 heterocycles. The fraction of sp³-hybridized carbons (Fsp3) is 0.588. The van der Waals surface area contributed by atoms with Crippen LogP contribution < -0.4 is 5.32 Å². The van der Waals surface area contributed by atoms with E-state index in [1.807, 2.05) is 0 Å². The van der Waals surface area contributed by atoms with Crippen molar-refractivity contribution in [2.24, 2.45) is 0 Å². The molecule has 0 radical (unpaired) electrons. The molecule has 2 bridgehead atoms. The van der Waals surface area contributed by atoms with Gasteiger partial charge >= 0.3 is 0 Å². The van der Waals surface area contributed by atoms with Crippen molar-refractivity contribution in [1.82, 2.24) is 25.1 Å². The number of hydrogen-bond acceptors (Lipinski definition) is 5. The van der Waals surface area contributed by atoms with Crippen LogP contribution in [0.15, 0.2) is 24.3 Å². The highest BCUT2D eigenvalue weighted by molar-refractivity contribution is 5.40. The van der Waals surface area contributed by atoms with Crippen molar-refractivity contribution in [2.45, 2.75) is 57.2 Å². The van der Waals surface area contributed by atoms with Gasteiger partial charge in [-0.1, -0.05) is 29.2 Å². The number of hydrogen-bond donors (Lipinski definition) is 1. The second-order valence-electron chi connectivity index (χ2n) is 6.97. The monoisotopic (exact) mass is 312 g/mol. The van der Waals surface area contributed by atoms with E-state index in [0.29, 0.717) is 18.1 Å². The normalized spacial score (nSPS) is 27.8. The Hall–Kier alpha value is -1.95. The lowest BCUT2D eigenvalue weighted by Gasteiger charge is -2.47. The zero-order valence-corrected chi connectivity index (χ0v) is 13.8. The molecule has 1 N–H and O–H groups in total. The Bertz CT molecular complexity index is 650. The molecule has 0 saturated carbocycles. The molecule has 1 aromatic heterocycles. The molecule has 122 valence electrons. The predicted octanol–water partition coefficient (Wildman–Crippen LogP) is 2.40. The molecular formula is C17H24N6. The van der Waals surface area contributed by atoms with Crippen molar-refractivity contribution in [3.8, 4) is 5.69 Å². The molecule has 6 nitrogen and oxygen atoms in total. The molecule has 6 heteroatoms.